The molecule has 112 valence electrons. The number of hydrogen-bond donors (Lipinski definition) is 1. The number of hydrogen-bond acceptors (Lipinski definition) is 7. The molecule has 1 saturated heterocycles. The summed E-state index contributed by atoms with van der Waals surface area (Å²) >= 11 is 0. The lowest BCUT2D eigenvalue weighted by molar-refractivity contribution is 0.311. The van der Waals surface area contributed by atoms with Gasteiger partial charge in [-0.05, 0) is 14.0 Å². The quantitative estimate of drug-likeness (QED) is 0.863. The van der Waals surface area contributed by atoms with Crippen LogP contribution in [-0.2, 0) is 0 Å². The second-order valence-electron chi connectivity index (χ2n) is 5.05. The summed E-state index contributed by atoms with van der Waals surface area (Å²) in [6.45, 7) is 6.68. The summed E-state index contributed by atoms with van der Waals surface area (Å²) in [5, 5.41) is 3.17. The molecule has 8 nitrogen and oxygen atoms in total. The van der Waals surface area contributed by atoms with Crippen molar-refractivity contribution in [1.82, 2.24) is 29.4 Å². The fraction of sp³-hybridized carbons (Fsp3) is 0.538. The molecule has 2 aromatic rings. The Balaban J connectivity index is 1.91. The smallest absolute Gasteiger partial charge is 0.241 e. The van der Waals surface area contributed by atoms with E-state index in [0.717, 1.165) is 38.7 Å². The highest BCUT2D eigenvalue weighted by Crippen LogP contribution is 2.15. The van der Waals surface area contributed by atoms with E-state index in [4.69, 9.17) is 0 Å². The Labute approximate surface area is 123 Å². The Bertz CT molecular complexity index is 574. The maximum atomic E-state index is 4.57. The second kappa shape index (κ2) is 6.04. The third-order valence-electron chi connectivity index (χ3n) is 3.47. The summed E-state index contributed by atoms with van der Waals surface area (Å²) in [5.74, 6) is 1.91. The molecular weight excluding hydrogens is 268 g/mol. The maximum absolute atomic E-state index is 4.57. The van der Waals surface area contributed by atoms with E-state index in [-0.39, 0.29) is 0 Å². The molecule has 0 unspecified atom stereocenters. The van der Waals surface area contributed by atoms with Crippen LogP contribution in [0.5, 0.6) is 0 Å². The van der Waals surface area contributed by atoms with E-state index in [0.29, 0.717) is 11.9 Å². The van der Waals surface area contributed by atoms with Gasteiger partial charge in [-0.3, -0.25) is 4.57 Å². The molecule has 0 aromatic carbocycles. The zero-order valence-electron chi connectivity index (χ0n) is 12.4. The van der Waals surface area contributed by atoms with E-state index in [2.05, 4.69) is 42.1 Å². The van der Waals surface area contributed by atoms with Gasteiger partial charge in [0.15, 0.2) is 0 Å². The van der Waals surface area contributed by atoms with E-state index in [1.54, 1.807) is 17.1 Å². The van der Waals surface area contributed by atoms with Crippen molar-refractivity contribution in [3.63, 3.8) is 0 Å². The van der Waals surface area contributed by atoms with E-state index in [9.17, 15) is 0 Å². The van der Waals surface area contributed by atoms with Gasteiger partial charge in [-0.25, -0.2) is 4.98 Å². The van der Waals surface area contributed by atoms with Crippen LogP contribution in [0.25, 0.3) is 5.95 Å². The van der Waals surface area contributed by atoms with Crippen molar-refractivity contribution in [2.45, 2.75) is 6.92 Å². The average Bonchev–Trinajstić information content (AvgIpc) is 3.02. The van der Waals surface area contributed by atoms with E-state index in [1.165, 1.54) is 0 Å². The highest BCUT2D eigenvalue weighted by molar-refractivity contribution is 5.40. The van der Waals surface area contributed by atoms with Gasteiger partial charge >= 0.3 is 0 Å². The SMILES string of the molecule is CCNc1nc(N2CCN(C)CC2)nc(-n2ccnc2)n1. The minimum atomic E-state index is 0.590. The van der Waals surface area contributed by atoms with Gasteiger partial charge in [0.05, 0.1) is 0 Å². The predicted molar refractivity (Wildman–Crippen MR) is 80.8 cm³/mol. The fourth-order valence-electron chi connectivity index (χ4n) is 2.23. The first-order valence-corrected chi connectivity index (χ1v) is 7.18. The van der Waals surface area contributed by atoms with Crippen LogP contribution < -0.4 is 10.2 Å². The zero-order valence-corrected chi connectivity index (χ0v) is 12.4. The van der Waals surface area contributed by atoms with Crippen LogP contribution in [0.15, 0.2) is 18.7 Å². The van der Waals surface area contributed by atoms with Crippen molar-refractivity contribution in [2.24, 2.45) is 0 Å². The maximum Gasteiger partial charge on any atom is 0.241 e. The van der Waals surface area contributed by atoms with Crippen molar-refractivity contribution >= 4 is 11.9 Å². The van der Waals surface area contributed by atoms with Crippen LogP contribution in [-0.4, -0.2) is 69.2 Å². The van der Waals surface area contributed by atoms with Gasteiger partial charge in [0, 0.05) is 45.1 Å². The summed E-state index contributed by atoms with van der Waals surface area (Å²) in [5.41, 5.74) is 0. The molecule has 0 aliphatic carbocycles. The minimum Gasteiger partial charge on any atom is -0.354 e. The van der Waals surface area contributed by atoms with Crippen molar-refractivity contribution in [2.75, 3.05) is 50.0 Å². The van der Waals surface area contributed by atoms with E-state index >= 15 is 0 Å². The first-order valence-electron chi connectivity index (χ1n) is 7.18. The van der Waals surface area contributed by atoms with Crippen LogP contribution in [0.3, 0.4) is 0 Å². The predicted octanol–water partition coefficient (Wildman–Crippen LogP) is 0.241. The number of imidazole rings is 1. The molecule has 8 heteroatoms. The first-order chi connectivity index (χ1) is 10.3. The molecule has 3 heterocycles. The Kier molecular flexibility index (Phi) is 3.96. The van der Waals surface area contributed by atoms with E-state index in [1.807, 2.05) is 13.1 Å². The molecule has 1 aliphatic rings. The van der Waals surface area contributed by atoms with Gasteiger partial charge in [0.2, 0.25) is 17.8 Å². The Morgan fingerprint density at radius 3 is 2.52 bits per heavy atom. The summed E-state index contributed by atoms with van der Waals surface area (Å²) < 4.78 is 1.79. The van der Waals surface area contributed by atoms with Crippen LogP contribution in [0, 0.1) is 0 Å². The monoisotopic (exact) mass is 288 g/mol. The molecular formula is C13H20N8. The first kappa shape index (κ1) is 13.7. The fourth-order valence-corrected chi connectivity index (χ4v) is 2.23. The van der Waals surface area contributed by atoms with Crippen LogP contribution in [0.1, 0.15) is 6.92 Å². The highest BCUT2D eigenvalue weighted by atomic mass is 15.4. The molecule has 1 fully saturated rings. The van der Waals surface area contributed by atoms with Crippen molar-refractivity contribution < 1.29 is 0 Å². The largest absolute Gasteiger partial charge is 0.354 e. The summed E-state index contributed by atoms with van der Waals surface area (Å²) in [4.78, 5) is 22.1. The lowest BCUT2D eigenvalue weighted by Crippen LogP contribution is -2.45. The topological polar surface area (TPSA) is 75.0 Å². The normalized spacial score (nSPS) is 16.2. The number of aromatic nitrogens is 5. The molecule has 1 N–H and O–H groups in total. The molecule has 0 bridgehead atoms. The zero-order chi connectivity index (χ0) is 14.7. The number of rotatable bonds is 4. The number of likely N-dealkylation sites (N-methyl/N-ethyl adjacent to an activating group) is 1. The molecule has 3 rings (SSSR count). The second-order valence-corrected chi connectivity index (χ2v) is 5.05. The van der Waals surface area contributed by atoms with Crippen molar-refractivity contribution in [3.05, 3.63) is 18.7 Å². The summed E-state index contributed by atoms with van der Waals surface area (Å²) in [6, 6.07) is 0. The molecule has 0 spiro atoms. The summed E-state index contributed by atoms with van der Waals surface area (Å²) in [7, 11) is 2.13. The number of anilines is 2. The third kappa shape index (κ3) is 3.10. The number of piperazine rings is 1. The van der Waals surface area contributed by atoms with Gasteiger partial charge < -0.3 is 15.1 Å². The lowest BCUT2D eigenvalue weighted by Gasteiger charge is -2.32. The van der Waals surface area contributed by atoms with Gasteiger partial charge in [0.25, 0.3) is 0 Å². The number of nitrogens with one attached hydrogen (secondary N) is 1. The van der Waals surface area contributed by atoms with Gasteiger partial charge in [-0.2, -0.15) is 15.0 Å². The van der Waals surface area contributed by atoms with Crippen LogP contribution in [0.2, 0.25) is 0 Å². The Hall–Kier alpha value is -2.22. The molecule has 0 atom stereocenters. The minimum absolute atomic E-state index is 0.590. The molecule has 21 heavy (non-hydrogen) atoms. The van der Waals surface area contributed by atoms with Gasteiger partial charge in [-0.15, -0.1) is 0 Å². The highest BCUT2D eigenvalue weighted by Gasteiger charge is 2.18. The molecule has 1 aliphatic heterocycles. The van der Waals surface area contributed by atoms with Crippen molar-refractivity contribution in [1.29, 1.82) is 0 Å². The van der Waals surface area contributed by atoms with E-state index < -0.39 is 0 Å². The van der Waals surface area contributed by atoms with Crippen LogP contribution in [0.4, 0.5) is 11.9 Å². The Morgan fingerprint density at radius 1 is 1.10 bits per heavy atom. The summed E-state index contributed by atoms with van der Waals surface area (Å²) in [6.07, 6.45) is 5.24. The molecule has 0 amide bonds. The average molecular weight is 288 g/mol. The van der Waals surface area contributed by atoms with Gasteiger partial charge in [-0.1, -0.05) is 0 Å². The van der Waals surface area contributed by atoms with Crippen molar-refractivity contribution in [3.8, 4) is 5.95 Å². The third-order valence-corrected chi connectivity index (χ3v) is 3.47. The number of nitrogens with zero attached hydrogens (tertiary/aromatic N) is 7. The molecule has 0 radical (unpaired) electrons. The molecule has 0 saturated carbocycles. The Morgan fingerprint density at radius 2 is 1.86 bits per heavy atom. The van der Waals surface area contributed by atoms with Crippen LogP contribution >= 0.6 is 0 Å². The lowest BCUT2D eigenvalue weighted by atomic mass is 10.3. The van der Waals surface area contributed by atoms with Gasteiger partial charge in [0.1, 0.15) is 6.33 Å². The standard InChI is InChI=1S/C13H20N8/c1-3-15-11-16-12(20-8-6-19(2)7-9-20)18-13(17-11)21-5-4-14-10-21/h4-5,10H,3,6-9H2,1-2H3,(H,15,16,17,18). The molecule has 2 aromatic heterocycles.